The smallest absolute Gasteiger partial charge is 0.302 e. The molecule has 0 N–H and O–H groups in total. The summed E-state index contributed by atoms with van der Waals surface area (Å²) in [6.45, 7) is 8.74. The average molecular weight is 282 g/mol. The molecule has 0 fully saturated rings. The first-order valence-electron chi connectivity index (χ1n) is 8.30. The van der Waals surface area contributed by atoms with Crippen LogP contribution in [0.3, 0.4) is 0 Å². The zero-order valence-corrected chi connectivity index (χ0v) is 14.0. The number of rotatable bonds is 12. The van der Waals surface area contributed by atoms with Crippen LogP contribution in [0.5, 0.6) is 0 Å². The third-order valence-electron chi connectivity index (χ3n) is 3.48. The van der Waals surface area contributed by atoms with E-state index in [4.69, 9.17) is 4.74 Å². The van der Waals surface area contributed by atoms with Crippen molar-refractivity contribution in [3.05, 3.63) is 11.6 Å². The van der Waals surface area contributed by atoms with E-state index in [0.717, 1.165) is 12.3 Å². The molecule has 0 aromatic carbocycles. The second kappa shape index (κ2) is 13.2. The fourth-order valence-electron chi connectivity index (χ4n) is 2.50. The molecule has 20 heavy (non-hydrogen) atoms. The summed E-state index contributed by atoms with van der Waals surface area (Å²) >= 11 is 0. The van der Waals surface area contributed by atoms with Crippen molar-refractivity contribution >= 4 is 5.97 Å². The van der Waals surface area contributed by atoms with E-state index in [1.165, 1.54) is 63.9 Å². The lowest BCUT2D eigenvalue weighted by molar-refractivity contribution is -0.141. The van der Waals surface area contributed by atoms with E-state index in [1.807, 2.05) is 0 Å². The molecule has 1 unspecified atom stereocenters. The van der Waals surface area contributed by atoms with E-state index in [-0.39, 0.29) is 5.97 Å². The summed E-state index contributed by atoms with van der Waals surface area (Å²) in [4.78, 5) is 10.6. The van der Waals surface area contributed by atoms with Crippen LogP contribution in [0.4, 0.5) is 0 Å². The van der Waals surface area contributed by atoms with Crippen molar-refractivity contribution in [2.45, 2.75) is 85.5 Å². The van der Waals surface area contributed by atoms with E-state index >= 15 is 0 Å². The quantitative estimate of drug-likeness (QED) is 0.262. The first kappa shape index (κ1) is 19.2. The number of hydrogen-bond acceptors (Lipinski definition) is 2. The Morgan fingerprint density at radius 2 is 1.40 bits per heavy atom. The van der Waals surface area contributed by atoms with Gasteiger partial charge in [0.05, 0.1) is 6.61 Å². The Morgan fingerprint density at radius 3 is 1.90 bits per heavy atom. The summed E-state index contributed by atoms with van der Waals surface area (Å²) in [5, 5.41) is 0. The van der Waals surface area contributed by atoms with Crippen molar-refractivity contribution in [2.75, 3.05) is 6.61 Å². The lowest BCUT2D eigenvalue weighted by Crippen LogP contribution is -2.00. The Kier molecular flexibility index (Phi) is 12.7. The molecular weight excluding hydrogens is 248 g/mol. The predicted molar refractivity (Wildman–Crippen MR) is 86.8 cm³/mol. The summed E-state index contributed by atoms with van der Waals surface area (Å²) in [7, 11) is 0. The van der Waals surface area contributed by atoms with Gasteiger partial charge in [-0.3, -0.25) is 4.79 Å². The Bertz CT molecular complexity index is 265. The van der Waals surface area contributed by atoms with Crippen LogP contribution in [-0.4, -0.2) is 12.6 Å². The molecule has 0 saturated carbocycles. The largest absolute Gasteiger partial charge is 0.466 e. The van der Waals surface area contributed by atoms with Gasteiger partial charge in [-0.15, -0.1) is 0 Å². The topological polar surface area (TPSA) is 26.3 Å². The maximum atomic E-state index is 10.6. The fraction of sp³-hybridized carbons (Fsp3) is 0.833. The van der Waals surface area contributed by atoms with Crippen LogP contribution in [0.15, 0.2) is 11.6 Å². The van der Waals surface area contributed by atoms with Gasteiger partial charge in [0.15, 0.2) is 0 Å². The van der Waals surface area contributed by atoms with Gasteiger partial charge in [0.2, 0.25) is 0 Å². The number of hydrogen-bond donors (Lipinski definition) is 0. The highest BCUT2D eigenvalue weighted by Gasteiger charge is 1.98. The van der Waals surface area contributed by atoms with Crippen LogP contribution in [0.1, 0.15) is 85.5 Å². The molecule has 0 bridgehead atoms. The zero-order valence-electron chi connectivity index (χ0n) is 14.0. The molecule has 0 aromatic rings. The number of carbonyl (C=O) groups excluding carboxylic acids is 1. The zero-order chi connectivity index (χ0) is 15.2. The van der Waals surface area contributed by atoms with Gasteiger partial charge in [-0.25, -0.2) is 0 Å². The van der Waals surface area contributed by atoms with Crippen LogP contribution < -0.4 is 0 Å². The number of esters is 1. The first-order chi connectivity index (χ1) is 9.52. The first-order valence-corrected chi connectivity index (χ1v) is 8.30. The lowest BCUT2D eigenvalue weighted by Gasteiger charge is -2.07. The van der Waals surface area contributed by atoms with Crippen molar-refractivity contribution < 1.29 is 9.53 Å². The van der Waals surface area contributed by atoms with E-state index in [1.54, 1.807) is 0 Å². The molecule has 1 atom stereocenters. The maximum Gasteiger partial charge on any atom is 0.302 e. The second-order valence-corrected chi connectivity index (χ2v) is 6.18. The molecule has 0 saturated heterocycles. The van der Waals surface area contributed by atoms with Gasteiger partial charge in [-0.05, 0) is 32.6 Å². The normalized spacial score (nSPS) is 12.0. The van der Waals surface area contributed by atoms with Crippen LogP contribution >= 0.6 is 0 Å². The van der Waals surface area contributed by atoms with Gasteiger partial charge in [0.25, 0.3) is 0 Å². The molecule has 0 aliphatic rings. The Hall–Kier alpha value is -0.790. The molecule has 0 amide bonds. The highest BCUT2D eigenvalue weighted by Crippen LogP contribution is 2.14. The second-order valence-electron chi connectivity index (χ2n) is 6.18. The SMILES string of the molecule is CC(=O)OCCCCCCCCCCC(C)C=C(C)C. The average Bonchev–Trinajstić information content (AvgIpc) is 2.34. The minimum atomic E-state index is -0.160. The number of ether oxygens (including phenoxy) is 1. The van der Waals surface area contributed by atoms with Crippen LogP contribution in [0, 0.1) is 5.92 Å². The maximum absolute atomic E-state index is 10.6. The Morgan fingerprint density at radius 1 is 0.900 bits per heavy atom. The monoisotopic (exact) mass is 282 g/mol. The lowest BCUT2D eigenvalue weighted by atomic mass is 10.00. The fourth-order valence-corrected chi connectivity index (χ4v) is 2.50. The number of allylic oxidation sites excluding steroid dienone is 2. The summed E-state index contributed by atoms with van der Waals surface area (Å²) in [5.74, 6) is 0.577. The Balaban J connectivity index is 3.17. The van der Waals surface area contributed by atoms with Crippen LogP contribution in [0.25, 0.3) is 0 Å². The van der Waals surface area contributed by atoms with Gasteiger partial charge in [0, 0.05) is 6.92 Å². The molecule has 0 rings (SSSR count). The van der Waals surface area contributed by atoms with Gasteiger partial charge < -0.3 is 4.74 Å². The van der Waals surface area contributed by atoms with E-state index in [2.05, 4.69) is 26.8 Å². The van der Waals surface area contributed by atoms with E-state index in [0.29, 0.717) is 6.61 Å². The minimum Gasteiger partial charge on any atom is -0.466 e. The van der Waals surface area contributed by atoms with Gasteiger partial charge in [0.1, 0.15) is 0 Å². The summed E-state index contributed by atoms with van der Waals surface area (Å²) in [6.07, 6.45) is 13.9. The molecule has 0 aromatic heterocycles. The summed E-state index contributed by atoms with van der Waals surface area (Å²) in [6, 6.07) is 0. The molecular formula is C18H34O2. The third-order valence-corrected chi connectivity index (χ3v) is 3.48. The number of carbonyl (C=O) groups is 1. The number of unbranched alkanes of at least 4 members (excludes halogenated alkanes) is 7. The molecule has 0 aliphatic carbocycles. The van der Waals surface area contributed by atoms with Gasteiger partial charge in [-0.2, -0.15) is 0 Å². The third kappa shape index (κ3) is 15.3. The molecule has 0 heterocycles. The molecule has 0 spiro atoms. The molecule has 2 heteroatoms. The Labute approximate surface area is 126 Å². The minimum absolute atomic E-state index is 0.160. The molecule has 2 nitrogen and oxygen atoms in total. The van der Waals surface area contributed by atoms with Crippen LogP contribution in [-0.2, 0) is 9.53 Å². The van der Waals surface area contributed by atoms with Crippen molar-refractivity contribution in [3.8, 4) is 0 Å². The summed E-state index contributed by atoms with van der Waals surface area (Å²) in [5.41, 5.74) is 1.44. The molecule has 0 radical (unpaired) electrons. The van der Waals surface area contributed by atoms with Gasteiger partial charge in [-0.1, -0.05) is 63.5 Å². The highest BCUT2D eigenvalue weighted by molar-refractivity contribution is 5.65. The van der Waals surface area contributed by atoms with Crippen molar-refractivity contribution in [1.82, 2.24) is 0 Å². The van der Waals surface area contributed by atoms with Crippen molar-refractivity contribution in [3.63, 3.8) is 0 Å². The summed E-state index contributed by atoms with van der Waals surface area (Å²) < 4.78 is 4.91. The van der Waals surface area contributed by atoms with Crippen LogP contribution in [0.2, 0.25) is 0 Å². The van der Waals surface area contributed by atoms with E-state index < -0.39 is 0 Å². The van der Waals surface area contributed by atoms with Crippen molar-refractivity contribution in [2.24, 2.45) is 5.92 Å². The standard InChI is InChI=1S/C18H34O2/c1-16(2)15-17(3)13-11-9-7-5-6-8-10-12-14-20-18(4)19/h15,17H,5-14H2,1-4H3. The highest BCUT2D eigenvalue weighted by atomic mass is 16.5. The predicted octanol–water partition coefficient (Wildman–Crippen LogP) is 5.66. The van der Waals surface area contributed by atoms with Gasteiger partial charge >= 0.3 is 5.97 Å². The molecule has 0 aliphatic heterocycles. The molecule has 118 valence electrons. The van der Waals surface area contributed by atoms with E-state index in [9.17, 15) is 4.79 Å². The van der Waals surface area contributed by atoms with Crippen molar-refractivity contribution in [1.29, 1.82) is 0 Å².